The van der Waals surface area contributed by atoms with E-state index in [1.807, 2.05) is 35.5 Å². The summed E-state index contributed by atoms with van der Waals surface area (Å²) in [5, 5.41) is 12.3. The van der Waals surface area contributed by atoms with Gasteiger partial charge in [-0.2, -0.15) is 9.51 Å². The third kappa shape index (κ3) is 2.03. The first-order valence-electron chi connectivity index (χ1n) is 9.29. The highest BCUT2D eigenvalue weighted by molar-refractivity contribution is 5.78. The lowest BCUT2D eigenvalue weighted by atomic mass is 10.1. The Balaban J connectivity index is 1.42. The highest BCUT2D eigenvalue weighted by atomic mass is 19.1. The first kappa shape index (κ1) is 15.8. The average Bonchev–Trinajstić information content (AvgIpc) is 3.46. The molecule has 6 rings (SSSR count). The van der Waals surface area contributed by atoms with Crippen molar-refractivity contribution in [3.63, 3.8) is 0 Å². The molecule has 2 unspecified atom stereocenters. The molecular formula is C18H18FN9. The predicted molar refractivity (Wildman–Crippen MR) is 100 cm³/mol. The zero-order chi connectivity index (χ0) is 18.8. The number of nitrogens with zero attached hydrogens (tertiary/aromatic N) is 9. The molecule has 0 radical (unpaired) electrons. The number of aliphatic imine (C=N–C) groups is 1. The molecule has 142 valence electrons. The minimum Gasteiger partial charge on any atom is -0.298 e. The van der Waals surface area contributed by atoms with Gasteiger partial charge in [-0.1, -0.05) is 18.2 Å². The molecule has 9 nitrogen and oxygen atoms in total. The maximum atomic E-state index is 14.5. The normalized spacial score (nSPS) is 23.2. The van der Waals surface area contributed by atoms with Crippen LogP contribution < -0.4 is 10.1 Å². The van der Waals surface area contributed by atoms with Crippen molar-refractivity contribution in [2.45, 2.75) is 25.0 Å². The molecule has 5 heterocycles. The van der Waals surface area contributed by atoms with Gasteiger partial charge in [0, 0.05) is 5.56 Å². The Hall–Kier alpha value is -3.27. The van der Waals surface area contributed by atoms with Gasteiger partial charge in [0.1, 0.15) is 12.0 Å². The summed E-state index contributed by atoms with van der Waals surface area (Å²) in [6, 6.07) is 7.92. The van der Waals surface area contributed by atoms with Crippen molar-refractivity contribution in [3.05, 3.63) is 54.0 Å². The third-order valence-corrected chi connectivity index (χ3v) is 5.73. The Morgan fingerprint density at radius 1 is 1.21 bits per heavy atom. The van der Waals surface area contributed by atoms with Crippen LogP contribution in [0.15, 0.2) is 41.7 Å². The zero-order valence-corrected chi connectivity index (χ0v) is 15.2. The summed E-state index contributed by atoms with van der Waals surface area (Å²) < 4.78 is 16.0. The Bertz CT molecular complexity index is 1090. The van der Waals surface area contributed by atoms with E-state index < -0.39 is 6.08 Å². The number of rotatable bonds is 2. The lowest BCUT2D eigenvalue weighted by Gasteiger charge is -2.36. The van der Waals surface area contributed by atoms with Crippen LogP contribution in [0.25, 0.3) is 5.69 Å². The largest absolute Gasteiger partial charge is 0.298 e. The molecule has 3 aliphatic heterocycles. The fourth-order valence-corrected chi connectivity index (χ4v) is 4.37. The van der Waals surface area contributed by atoms with Crippen molar-refractivity contribution < 1.29 is 4.39 Å². The number of hydrogen-bond donors (Lipinski definition) is 0. The molecule has 2 atom stereocenters. The monoisotopic (exact) mass is 379 g/mol. The molecule has 3 aromatic rings. The van der Waals surface area contributed by atoms with Gasteiger partial charge in [0.05, 0.1) is 24.1 Å². The van der Waals surface area contributed by atoms with Crippen LogP contribution in [-0.4, -0.2) is 49.5 Å². The predicted octanol–water partition coefficient (Wildman–Crippen LogP) is 1.78. The number of halogens is 1. The first-order chi connectivity index (χ1) is 13.7. The van der Waals surface area contributed by atoms with Gasteiger partial charge < -0.3 is 0 Å². The van der Waals surface area contributed by atoms with Crippen LogP contribution in [-0.2, 0) is 0 Å². The van der Waals surface area contributed by atoms with E-state index in [9.17, 15) is 4.39 Å². The van der Waals surface area contributed by atoms with Crippen LogP contribution in [0.5, 0.6) is 0 Å². The van der Waals surface area contributed by atoms with Crippen LogP contribution in [0.4, 0.5) is 10.2 Å². The van der Waals surface area contributed by atoms with E-state index in [1.54, 1.807) is 16.2 Å². The van der Waals surface area contributed by atoms with Crippen molar-refractivity contribution in [2.75, 3.05) is 23.7 Å². The molecule has 0 saturated carbocycles. The minimum atomic E-state index is -0.556. The standard InChI is InChI=1S/C18H18FN9/c1-24-8-4-7-15(24)13-10-25(23-22-13)26-11-21-17-12-5-2-3-6-14(12)27-16(28(17)26)9-20-18(27)19/h2-3,5-6,9-11,15,17H,4,7-8H2,1H3. The summed E-state index contributed by atoms with van der Waals surface area (Å²) in [4.78, 5) is 12.5. The van der Waals surface area contributed by atoms with Crippen molar-refractivity contribution in [3.8, 4) is 5.69 Å². The van der Waals surface area contributed by atoms with Crippen molar-refractivity contribution in [2.24, 2.45) is 4.99 Å². The number of fused-ring (bicyclic) bond motifs is 6. The molecule has 1 aromatic carbocycles. The number of hydrogen-bond acceptors (Lipinski definition) is 7. The van der Waals surface area contributed by atoms with Crippen molar-refractivity contribution >= 4 is 12.2 Å². The van der Waals surface area contributed by atoms with Gasteiger partial charge in [-0.25, -0.2) is 15.0 Å². The van der Waals surface area contributed by atoms with E-state index in [0.717, 1.165) is 36.3 Å². The number of aromatic nitrogens is 5. The summed E-state index contributed by atoms with van der Waals surface area (Å²) in [6.07, 6.45) is 6.49. The number of benzene rings is 1. The van der Waals surface area contributed by atoms with Gasteiger partial charge in [-0.05, 0) is 37.7 Å². The maximum absolute atomic E-state index is 14.5. The van der Waals surface area contributed by atoms with E-state index >= 15 is 0 Å². The average molecular weight is 379 g/mol. The van der Waals surface area contributed by atoms with E-state index in [-0.39, 0.29) is 12.2 Å². The zero-order valence-electron chi connectivity index (χ0n) is 15.2. The molecular weight excluding hydrogens is 361 g/mol. The minimum absolute atomic E-state index is 0.272. The Kier molecular flexibility index (Phi) is 3.16. The third-order valence-electron chi connectivity index (χ3n) is 5.73. The van der Waals surface area contributed by atoms with Crippen molar-refractivity contribution in [1.82, 2.24) is 29.6 Å². The molecule has 3 aliphatic rings. The number of anilines is 1. The summed E-state index contributed by atoms with van der Waals surface area (Å²) in [5.74, 6) is 0.591. The molecule has 0 aliphatic carbocycles. The van der Waals surface area contributed by atoms with Crippen LogP contribution in [0.2, 0.25) is 0 Å². The summed E-state index contributed by atoms with van der Waals surface area (Å²) >= 11 is 0. The quantitative estimate of drug-likeness (QED) is 0.676. The molecule has 1 fully saturated rings. The Morgan fingerprint density at radius 2 is 2.11 bits per heavy atom. The number of hydrazine groups is 1. The lowest BCUT2D eigenvalue weighted by Crippen LogP contribution is -2.49. The van der Waals surface area contributed by atoms with Crippen LogP contribution in [0.3, 0.4) is 0 Å². The van der Waals surface area contributed by atoms with Gasteiger partial charge in [0.2, 0.25) is 0 Å². The van der Waals surface area contributed by atoms with Crippen LogP contribution in [0.1, 0.15) is 36.3 Å². The van der Waals surface area contributed by atoms with Gasteiger partial charge in [-0.15, -0.1) is 9.89 Å². The Morgan fingerprint density at radius 3 is 2.96 bits per heavy atom. The summed E-state index contributed by atoms with van der Waals surface area (Å²) in [6.45, 7) is 1.06. The van der Waals surface area contributed by atoms with Crippen LogP contribution in [0, 0.1) is 6.08 Å². The van der Waals surface area contributed by atoms with Gasteiger partial charge >= 0.3 is 0 Å². The molecule has 0 bridgehead atoms. The molecule has 2 aromatic heterocycles. The summed E-state index contributed by atoms with van der Waals surface area (Å²) in [7, 11) is 2.10. The van der Waals surface area contributed by atoms with Crippen molar-refractivity contribution in [1.29, 1.82) is 0 Å². The molecule has 1 saturated heterocycles. The van der Waals surface area contributed by atoms with Gasteiger partial charge in [-0.3, -0.25) is 9.47 Å². The molecule has 0 spiro atoms. The second-order valence-electron chi connectivity index (χ2n) is 7.29. The highest BCUT2D eigenvalue weighted by Crippen LogP contribution is 2.41. The second-order valence-corrected chi connectivity index (χ2v) is 7.29. The topological polar surface area (TPSA) is 70.6 Å². The van der Waals surface area contributed by atoms with Gasteiger partial charge in [0.15, 0.2) is 12.0 Å². The SMILES string of the molecule is CN1CCCC1c1cn(N2C=NC3c4ccccc4-n4c(cnc4F)N32)nn1. The molecule has 0 N–H and O–H groups in total. The summed E-state index contributed by atoms with van der Waals surface area (Å²) in [5.41, 5.74) is 2.58. The molecule has 0 amide bonds. The molecule has 10 heteroatoms. The fourth-order valence-electron chi connectivity index (χ4n) is 4.37. The number of para-hydroxylation sites is 1. The van der Waals surface area contributed by atoms with E-state index in [2.05, 4.69) is 32.2 Å². The number of likely N-dealkylation sites (tertiary alicyclic amines) is 1. The fraction of sp³-hybridized carbons (Fsp3) is 0.333. The highest BCUT2D eigenvalue weighted by Gasteiger charge is 2.40. The Labute approximate surface area is 160 Å². The number of imidazole rings is 1. The van der Waals surface area contributed by atoms with Gasteiger partial charge in [0.25, 0.3) is 6.08 Å². The molecule has 28 heavy (non-hydrogen) atoms. The smallest absolute Gasteiger partial charge is 0.295 e. The lowest BCUT2D eigenvalue weighted by molar-refractivity contribution is 0.311. The van der Waals surface area contributed by atoms with E-state index in [4.69, 9.17) is 0 Å². The second kappa shape index (κ2) is 5.61. The van der Waals surface area contributed by atoms with E-state index in [0.29, 0.717) is 5.82 Å². The van der Waals surface area contributed by atoms with E-state index in [1.165, 1.54) is 10.8 Å². The first-order valence-corrected chi connectivity index (χ1v) is 9.29. The van der Waals surface area contributed by atoms with Crippen LogP contribution >= 0.6 is 0 Å². The maximum Gasteiger partial charge on any atom is 0.295 e.